The van der Waals surface area contributed by atoms with E-state index in [2.05, 4.69) is 0 Å². The summed E-state index contributed by atoms with van der Waals surface area (Å²) in [6.07, 6.45) is 3.77. The fourth-order valence-electron chi connectivity index (χ4n) is 1.84. The first kappa shape index (κ1) is 17.4. The fraction of sp³-hybridized carbons (Fsp3) is 0.533. The maximum Gasteiger partial charge on any atom is 0.355 e. The van der Waals surface area contributed by atoms with Gasteiger partial charge < -0.3 is 9.30 Å². The summed E-state index contributed by atoms with van der Waals surface area (Å²) in [5.74, 6) is -0.296. The Morgan fingerprint density at radius 1 is 1.24 bits per heavy atom. The molecular weight excluding hydrogens is 294 g/mol. The van der Waals surface area contributed by atoms with E-state index in [1.165, 1.54) is 0 Å². The van der Waals surface area contributed by atoms with E-state index in [1.54, 1.807) is 22.9 Å². The predicted molar refractivity (Wildman–Crippen MR) is 79.6 cm³/mol. The Morgan fingerprint density at radius 3 is 2.67 bits per heavy atom. The van der Waals surface area contributed by atoms with Gasteiger partial charge in [-0.3, -0.25) is 9.59 Å². The summed E-state index contributed by atoms with van der Waals surface area (Å²) in [6, 6.07) is 3.25. The second-order valence-corrected chi connectivity index (χ2v) is 5.10. The Bertz CT molecular complexity index is 496. The molecule has 0 unspecified atom stereocenters. The average molecular weight is 314 g/mol. The number of aromatic nitrogens is 1. The highest BCUT2D eigenvalue weighted by Gasteiger charge is 2.15. The number of alkyl halides is 1. The van der Waals surface area contributed by atoms with Crippen LogP contribution in [-0.2, 0) is 20.9 Å². The number of ketones is 2. The number of rotatable bonds is 10. The predicted octanol–water partition coefficient (Wildman–Crippen LogP) is 2.60. The molecule has 0 saturated carbocycles. The van der Waals surface area contributed by atoms with Crippen molar-refractivity contribution in [1.82, 2.24) is 4.57 Å². The third-order valence-corrected chi connectivity index (χ3v) is 3.13. The van der Waals surface area contributed by atoms with Gasteiger partial charge in [0.15, 0.2) is 11.6 Å². The van der Waals surface area contributed by atoms with E-state index in [1.807, 2.05) is 6.92 Å². The molecule has 0 fully saturated rings. The van der Waals surface area contributed by atoms with Crippen molar-refractivity contribution in [3.05, 3.63) is 24.0 Å². The van der Waals surface area contributed by atoms with E-state index in [0.29, 0.717) is 25.1 Å². The summed E-state index contributed by atoms with van der Waals surface area (Å²) in [5.41, 5.74) is 0.282. The number of ether oxygens (including phenoxy) is 1. The molecule has 0 aromatic carbocycles. The maximum atomic E-state index is 11.9. The summed E-state index contributed by atoms with van der Waals surface area (Å²) in [6.45, 7) is 1.81. The summed E-state index contributed by atoms with van der Waals surface area (Å²) in [7, 11) is 0. The summed E-state index contributed by atoms with van der Waals surface area (Å²) in [5, 5.41) is 0. The van der Waals surface area contributed by atoms with Crippen LogP contribution in [0, 0.1) is 0 Å². The number of carbonyl (C=O) groups is 3. The molecule has 21 heavy (non-hydrogen) atoms. The van der Waals surface area contributed by atoms with Crippen LogP contribution in [-0.4, -0.2) is 34.6 Å². The minimum Gasteiger partial charge on any atom is -0.453 e. The van der Waals surface area contributed by atoms with E-state index >= 15 is 0 Å². The van der Waals surface area contributed by atoms with Crippen LogP contribution < -0.4 is 0 Å². The Hall–Kier alpha value is -1.62. The first-order valence-electron chi connectivity index (χ1n) is 7.00. The third-order valence-electron chi connectivity index (χ3n) is 2.87. The van der Waals surface area contributed by atoms with Crippen LogP contribution in [0.2, 0.25) is 0 Å². The molecule has 0 spiro atoms. The van der Waals surface area contributed by atoms with Gasteiger partial charge in [-0.25, -0.2) is 4.79 Å². The molecule has 0 radical (unpaired) electrons. The molecule has 0 bridgehead atoms. The Labute approximate surface area is 129 Å². The van der Waals surface area contributed by atoms with Crippen molar-refractivity contribution in [2.45, 2.75) is 39.2 Å². The Kier molecular flexibility index (Phi) is 7.75. The van der Waals surface area contributed by atoms with Crippen LogP contribution in [0.5, 0.6) is 0 Å². The second kappa shape index (κ2) is 9.34. The van der Waals surface area contributed by atoms with Crippen molar-refractivity contribution in [1.29, 1.82) is 0 Å². The lowest BCUT2D eigenvalue weighted by molar-refractivity contribution is -0.122. The number of nitrogens with zero attached hydrogens (tertiary/aromatic N) is 1. The van der Waals surface area contributed by atoms with Gasteiger partial charge in [-0.1, -0.05) is 6.92 Å². The molecule has 1 rings (SSSR count). The van der Waals surface area contributed by atoms with E-state index in [0.717, 1.165) is 6.42 Å². The van der Waals surface area contributed by atoms with E-state index in [-0.39, 0.29) is 30.4 Å². The van der Waals surface area contributed by atoms with Gasteiger partial charge >= 0.3 is 5.97 Å². The largest absolute Gasteiger partial charge is 0.453 e. The fourth-order valence-corrected chi connectivity index (χ4v) is 1.97. The van der Waals surface area contributed by atoms with Crippen LogP contribution in [0.1, 0.15) is 43.1 Å². The number of hydrogen-bond donors (Lipinski definition) is 0. The molecule has 0 amide bonds. The average Bonchev–Trinajstić information content (AvgIpc) is 2.90. The van der Waals surface area contributed by atoms with Gasteiger partial charge in [0.25, 0.3) is 0 Å². The van der Waals surface area contributed by atoms with Gasteiger partial charge in [0, 0.05) is 24.9 Å². The van der Waals surface area contributed by atoms with E-state index in [4.69, 9.17) is 16.3 Å². The van der Waals surface area contributed by atoms with Crippen LogP contribution in [0.3, 0.4) is 0 Å². The lowest BCUT2D eigenvalue weighted by Crippen LogP contribution is -2.19. The van der Waals surface area contributed by atoms with Gasteiger partial charge in [0.1, 0.15) is 12.3 Å². The van der Waals surface area contributed by atoms with Crippen molar-refractivity contribution >= 4 is 29.1 Å². The van der Waals surface area contributed by atoms with Gasteiger partial charge in [-0.15, -0.1) is 11.6 Å². The topological polar surface area (TPSA) is 65.4 Å². The number of halogens is 1. The highest BCUT2D eigenvalue weighted by Crippen LogP contribution is 2.07. The Balaban J connectivity index is 2.53. The molecule has 1 aromatic rings. The van der Waals surface area contributed by atoms with Crippen LogP contribution in [0.15, 0.2) is 18.3 Å². The second-order valence-electron chi connectivity index (χ2n) is 4.72. The molecule has 6 heteroatoms. The quantitative estimate of drug-likeness (QED) is 0.492. The standard InChI is InChI=1S/C15H20ClNO4/c1-2-5-12(18)10-17-9-4-7-14(17)15(20)21-11-13(19)6-3-8-16/h4,7,9H,2-3,5-6,8,10-11H2,1H3. The lowest BCUT2D eigenvalue weighted by Gasteiger charge is -2.08. The van der Waals surface area contributed by atoms with Crippen molar-refractivity contribution in [3.63, 3.8) is 0 Å². The summed E-state index contributed by atoms with van der Waals surface area (Å²) < 4.78 is 6.51. The first-order chi connectivity index (χ1) is 10.1. The zero-order valence-electron chi connectivity index (χ0n) is 12.1. The van der Waals surface area contributed by atoms with Gasteiger partial charge in [-0.2, -0.15) is 0 Å². The highest BCUT2D eigenvalue weighted by molar-refractivity contribution is 6.17. The normalized spacial score (nSPS) is 10.4. The number of hydrogen-bond acceptors (Lipinski definition) is 4. The first-order valence-corrected chi connectivity index (χ1v) is 7.53. The molecule has 1 heterocycles. The minimum absolute atomic E-state index is 0.0564. The zero-order valence-corrected chi connectivity index (χ0v) is 12.9. The molecule has 0 aliphatic heterocycles. The van der Waals surface area contributed by atoms with Crippen LogP contribution in [0.25, 0.3) is 0 Å². The van der Waals surface area contributed by atoms with Gasteiger partial charge in [0.05, 0.1) is 6.54 Å². The molecule has 0 saturated heterocycles. The molecule has 0 aliphatic carbocycles. The zero-order chi connectivity index (χ0) is 15.7. The molecule has 0 N–H and O–H groups in total. The van der Waals surface area contributed by atoms with E-state index < -0.39 is 5.97 Å². The van der Waals surface area contributed by atoms with Crippen LogP contribution >= 0.6 is 11.6 Å². The van der Waals surface area contributed by atoms with Crippen molar-refractivity contribution in [2.75, 3.05) is 12.5 Å². The van der Waals surface area contributed by atoms with E-state index in [9.17, 15) is 14.4 Å². The molecule has 0 aliphatic rings. The number of carbonyl (C=O) groups excluding carboxylic acids is 3. The van der Waals surface area contributed by atoms with Crippen molar-refractivity contribution < 1.29 is 19.1 Å². The SMILES string of the molecule is CCCC(=O)Cn1cccc1C(=O)OCC(=O)CCCCl. The molecule has 116 valence electrons. The Morgan fingerprint density at radius 2 is 2.00 bits per heavy atom. The number of Topliss-reactive ketones (excluding diaryl/α,β-unsaturated/α-hetero) is 2. The molecular formula is C15H20ClNO4. The highest BCUT2D eigenvalue weighted by atomic mass is 35.5. The van der Waals surface area contributed by atoms with Gasteiger partial charge in [-0.05, 0) is 25.0 Å². The van der Waals surface area contributed by atoms with Gasteiger partial charge in [0.2, 0.25) is 0 Å². The molecule has 1 aromatic heterocycles. The lowest BCUT2D eigenvalue weighted by atomic mass is 10.2. The van der Waals surface area contributed by atoms with Crippen molar-refractivity contribution in [2.24, 2.45) is 0 Å². The monoisotopic (exact) mass is 313 g/mol. The molecule has 0 atom stereocenters. The maximum absolute atomic E-state index is 11.9. The molecule has 5 nitrogen and oxygen atoms in total. The minimum atomic E-state index is -0.594. The van der Waals surface area contributed by atoms with Crippen molar-refractivity contribution in [3.8, 4) is 0 Å². The third kappa shape index (κ3) is 6.12. The number of esters is 1. The van der Waals surface area contributed by atoms with Crippen LogP contribution in [0.4, 0.5) is 0 Å². The summed E-state index contributed by atoms with van der Waals surface area (Å²) in [4.78, 5) is 35.0. The smallest absolute Gasteiger partial charge is 0.355 e. The summed E-state index contributed by atoms with van der Waals surface area (Å²) >= 11 is 5.49.